The van der Waals surface area contributed by atoms with Crippen molar-refractivity contribution in [1.82, 2.24) is 4.83 Å². The first-order valence-corrected chi connectivity index (χ1v) is 10.1. The van der Waals surface area contributed by atoms with Crippen LogP contribution in [0.4, 0.5) is 13.2 Å². The van der Waals surface area contributed by atoms with Gasteiger partial charge < -0.3 is 9.15 Å². The standard InChI is InChI=1S/C20H17F3N2O4S/c1-14-5-9-19(10-6-14)30(26,27)25-24-12-17-7-8-18(29-17)13-28-16-4-2-3-15(11-16)20(21,22)23/h2-12,25H,13H2,1H3/b24-12+. The number of hydrogen-bond acceptors (Lipinski definition) is 5. The summed E-state index contributed by atoms with van der Waals surface area (Å²) in [7, 11) is -3.81. The first-order valence-electron chi connectivity index (χ1n) is 8.64. The van der Waals surface area contributed by atoms with E-state index in [0.29, 0.717) is 5.76 Å². The molecule has 2 aromatic carbocycles. The number of nitrogens with one attached hydrogen (secondary N) is 1. The summed E-state index contributed by atoms with van der Waals surface area (Å²) in [6.07, 6.45) is -3.29. The van der Waals surface area contributed by atoms with Crippen molar-refractivity contribution >= 4 is 16.2 Å². The number of alkyl halides is 3. The lowest BCUT2D eigenvalue weighted by molar-refractivity contribution is -0.137. The van der Waals surface area contributed by atoms with Gasteiger partial charge in [-0.15, -0.1) is 0 Å². The predicted molar refractivity (Wildman–Crippen MR) is 104 cm³/mol. The van der Waals surface area contributed by atoms with Crippen molar-refractivity contribution < 1.29 is 30.7 Å². The maximum absolute atomic E-state index is 12.7. The second kappa shape index (κ2) is 8.62. The van der Waals surface area contributed by atoms with Crippen molar-refractivity contribution in [2.75, 3.05) is 0 Å². The van der Waals surface area contributed by atoms with E-state index in [0.717, 1.165) is 17.7 Å². The Labute approximate surface area is 171 Å². The molecule has 158 valence electrons. The van der Waals surface area contributed by atoms with Gasteiger partial charge in [0.05, 0.1) is 16.7 Å². The van der Waals surface area contributed by atoms with E-state index in [4.69, 9.17) is 9.15 Å². The largest absolute Gasteiger partial charge is 0.486 e. The van der Waals surface area contributed by atoms with Crippen molar-refractivity contribution in [3.63, 3.8) is 0 Å². The molecule has 0 radical (unpaired) electrons. The summed E-state index contributed by atoms with van der Waals surface area (Å²) in [4.78, 5) is 2.14. The average molecular weight is 438 g/mol. The minimum Gasteiger partial charge on any atom is -0.486 e. The quantitative estimate of drug-likeness (QED) is 0.435. The molecule has 1 aromatic heterocycles. The highest BCUT2D eigenvalue weighted by Crippen LogP contribution is 2.31. The van der Waals surface area contributed by atoms with Crippen LogP contribution in [0.25, 0.3) is 0 Å². The minimum atomic E-state index is -4.46. The number of ether oxygens (including phenoxy) is 1. The van der Waals surface area contributed by atoms with E-state index in [2.05, 4.69) is 9.93 Å². The molecule has 0 aliphatic carbocycles. The van der Waals surface area contributed by atoms with Crippen LogP contribution < -0.4 is 9.57 Å². The van der Waals surface area contributed by atoms with Gasteiger partial charge in [-0.1, -0.05) is 23.8 Å². The molecule has 3 rings (SSSR count). The summed E-state index contributed by atoms with van der Waals surface area (Å²) in [5.74, 6) is 0.613. The SMILES string of the molecule is Cc1ccc(S(=O)(=O)N/N=C/c2ccc(COc3cccc(C(F)(F)F)c3)o2)cc1. The Bertz CT molecular complexity index is 1140. The Kier molecular flexibility index (Phi) is 6.16. The molecule has 0 amide bonds. The van der Waals surface area contributed by atoms with Gasteiger partial charge in [0.25, 0.3) is 10.0 Å². The highest BCUT2D eigenvalue weighted by molar-refractivity contribution is 7.89. The van der Waals surface area contributed by atoms with Crippen molar-refractivity contribution in [1.29, 1.82) is 0 Å². The van der Waals surface area contributed by atoms with E-state index in [9.17, 15) is 21.6 Å². The van der Waals surface area contributed by atoms with Crippen LogP contribution in [0.1, 0.15) is 22.6 Å². The van der Waals surface area contributed by atoms with Crippen molar-refractivity contribution in [2.45, 2.75) is 24.6 Å². The molecule has 1 heterocycles. The number of sulfonamides is 1. The third kappa shape index (κ3) is 5.63. The van der Waals surface area contributed by atoms with Crippen LogP contribution >= 0.6 is 0 Å². The highest BCUT2D eigenvalue weighted by Gasteiger charge is 2.30. The number of nitrogens with zero attached hydrogens (tertiary/aromatic N) is 1. The molecule has 10 heteroatoms. The molecule has 30 heavy (non-hydrogen) atoms. The molecule has 1 N–H and O–H groups in total. The molecular weight excluding hydrogens is 421 g/mol. The summed E-state index contributed by atoms with van der Waals surface area (Å²) < 4.78 is 73.2. The molecular formula is C20H17F3N2O4S. The van der Waals surface area contributed by atoms with E-state index in [1.165, 1.54) is 36.5 Å². The zero-order valence-electron chi connectivity index (χ0n) is 15.7. The number of halogens is 3. The molecule has 0 aliphatic heterocycles. The smallest absolute Gasteiger partial charge is 0.416 e. The fourth-order valence-electron chi connectivity index (χ4n) is 2.39. The fraction of sp³-hybridized carbons (Fsp3) is 0.150. The van der Waals surface area contributed by atoms with E-state index in [1.807, 2.05) is 6.92 Å². The Balaban J connectivity index is 1.58. The van der Waals surface area contributed by atoms with Crippen LogP contribution in [0.2, 0.25) is 0 Å². The lowest BCUT2D eigenvalue weighted by Gasteiger charge is -2.09. The number of hydrazone groups is 1. The normalized spacial score (nSPS) is 12.3. The molecule has 0 unspecified atom stereocenters. The van der Waals surface area contributed by atoms with Crippen LogP contribution in [0.5, 0.6) is 5.75 Å². The van der Waals surface area contributed by atoms with Gasteiger partial charge in [-0.2, -0.15) is 31.5 Å². The van der Waals surface area contributed by atoms with Gasteiger partial charge in [0.1, 0.15) is 23.9 Å². The topological polar surface area (TPSA) is 80.9 Å². The maximum atomic E-state index is 12.7. The summed E-state index contributed by atoms with van der Waals surface area (Å²) in [5, 5.41) is 3.66. The zero-order valence-corrected chi connectivity index (χ0v) is 16.5. The van der Waals surface area contributed by atoms with Crippen molar-refractivity contribution in [3.8, 4) is 5.75 Å². The first-order chi connectivity index (χ1) is 14.1. The average Bonchev–Trinajstić information content (AvgIpc) is 3.14. The monoisotopic (exact) mass is 438 g/mol. The molecule has 0 saturated heterocycles. The molecule has 0 saturated carbocycles. The van der Waals surface area contributed by atoms with E-state index >= 15 is 0 Å². The van der Waals surface area contributed by atoms with E-state index in [-0.39, 0.29) is 23.0 Å². The molecule has 0 spiro atoms. The molecule has 0 bridgehead atoms. The minimum absolute atomic E-state index is 0.0438. The number of furan rings is 1. The third-order valence-electron chi connectivity index (χ3n) is 3.92. The Morgan fingerprint density at radius 2 is 1.83 bits per heavy atom. The second-order valence-electron chi connectivity index (χ2n) is 6.28. The van der Waals surface area contributed by atoms with Crippen LogP contribution in [0.3, 0.4) is 0 Å². The lowest BCUT2D eigenvalue weighted by Crippen LogP contribution is -2.18. The highest BCUT2D eigenvalue weighted by atomic mass is 32.2. The van der Waals surface area contributed by atoms with Crippen molar-refractivity contribution in [3.05, 3.63) is 83.3 Å². The van der Waals surface area contributed by atoms with Crippen LogP contribution in [-0.2, 0) is 22.8 Å². The van der Waals surface area contributed by atoms with E-state index < -0.39 is 21.8 Å². The summed E-state index contributed by atoms with van der Waals surface area (Å²) in [6, 6.07) is 13.8. The van der Waals surface area contributed by atoms with Gasteiger partial charge in [-0.3, -0.25) is 0 Å². The van der Waals surface area contributed by atoms with E-state index in [1.54, 1.807) is 18.2 Å². The Morgan fingerprint density at radius 3 is 2.53 bits per heavy atom. The van der Waals surface area contributed by atoms with Crippen LogP contribution in [0, 0.1) is 6.92 Å². The molecule has 0 atom stereocenters. The fourth-order valence-corrected chi connectivity index (χ4v) is 3.18. The molecule has 0 aliphatic rings. The zero-order chi connectivity index (χ0) is 21.8. The number of hydrogen-bond donors (Lipinski definition) is 1. The third-order valence-corrected chi connectivity index (χ3v) is 5.16. The summed E-state index contributed by atoms with van der Waals surface area (Å²) >= 11 is 0. The van der Waals surface area contributed by atoms with Gasteiger partial charge in [0, 0.05) is 0 Å². The summed E-state index contributed by atoms with van der Waals surface area (Å²) in [5.41, 5.74) is 0.112. The molecule has 6 nitrogen and oxygen atoms in total. The second-order valence-corrected chi connectivity index (χ2v) is 7.95. The van der Waals surface area contributed by atoms with Gasteiger partial charge in [-0.05, 0) is 49.4 Å². The van der Waals surface area contributed by atoms with Gasteiger partial charge in [-0.25, -0.2) is 0 Å². The molecule has 3 aromatic rings. The predicted octanol–water partition coefficient (Wildman–Crippen LogP) is 4.50. The maximum Gasteiger partial charge on any atom is 0.416 e. The van der Waals surface area contributed by atoms with Crippen LogP contribution in [0.15, 0.2) is 75.1 Å². The van der Waals surface area contributed by atoms with Crippen LogP contribution in [-0.4, -0.2) is 14.6 Å². The lowest BCUT2D eigenvalue weighted by atomic mass is 10.2. The van der Waals surface area contributed by atoms with Gasteiger partial charge >= 0.3 is 6.18 Å². The van der Waals surface area contributed by atoms with Gasteiger partial charge in [0.15, 0.2) is 0 Å². The Morgan fingerprint density at radius 1 is 1.10 bits per heavy atom. The van der Waals surface area contributed by atoms with Gasteiger partial charge in [0.2, 0.25) is 0 Å². The number of benzene rings is 2. The number of aryl methyl sites for hydroxylation is 1. The molecule has 0 fully saturated rings. The van der Waals surface area contributed by atoms with Crippen molar-refractivity contribution in [2.24, 2.45) is 5.10 Å². The Hall–Kier alpha value is -3.27. The number of rotatable bonds is 7. The first kappa shape index (κ1) is 21.4. The summed E-state index contributed by atoms with van der Waals surface area (Å²) in [6.45, 7) is 1.73.